The minimum Gasteiger partial charge on any atom is -0.506 e. The molecule has 1 heterocycles. The van der Waals surface area contributed by atoms with Gasteiger partial charge in [-0.15, -0.1) is 11.3 Å². The zero-order chi connectivity index (χ0) is 10.1. The zero-order valence-electron chi connectivity index (χ0n) is 7.58. The summed E-state index contributed by atoms with van der Waals surface area (Å²) in [5.74, 6) is 0.653. The van der Waals surface area contributed by atoms with Crippen LogP contribution in [0.15, 0.2) is 17.5 Å². The third-order valence-electron chi connectivity index (χ3n) is 1.91. The second-order valence-corrected chi connectivity index (χ2v) is 4.10. The van der Waals surface area contributed by atoms with Gasteiger partial charge in [-0.2, -0.15) is 0 Å². The van der Waals surface area contributed by atoms with Gasteiger partial charge in [0, 0.05) is 0 Å². The Morgan fingerprint density at radius 2 is 2.36 bits per heavy atom. The Balaban J connectivity index is 2.73. The second-order valence-electron chi connectivity index (χ2n) is 2.81. The van der Waals surface area contributed by atoms with Gasteiger partial charge in [0.05, 0.1) is 11.3 Å². The van der Waals surface area contributed by atoms with E-state index in [-0.39, 0.29) is 5.75 Å². The predicted octanol–water partition coefficient (Wildman–Crippen LogP) is 3.66. The van der Waals surface area contributed by atoms with E-state index in [1.54, 1.807) is 17.4 Å². The van der Waals surface area contributed by atoms with Crippen molar-refractivity contribution >= 4 is 33.0 Å². The lowest BCUT2D eigenvalue weighted by Crippen LogP contribution is -1.92. The highest BCUT2D eigenvalue weighted by Crippen LogP contribution is 2.42. The number of ether oxygens (including phenoxy) is 1. The summed E-state index contributed by atoms with van der Waals surface area (Å²) in [4.78, 5) is 0. The van der Waals surface area contributed by atoms with E-state index in [1.807, 2.05) is 18.4 Å². The molecule has 74 valence electrons. The van der Waals surface area contributed by atoms with E-state index in [4.69, 9.17) is 16.3 Å². The summed E-state index contributed by atoms with van der Waals surface area (Å²) in [5, 5.41) is 12.7. The number of thiophene rings is 1. The fourth-order valence-corrected chi connectivity index (χ4v) is 2.46. The maximum absolute atomic E-state index is 9.54. The summed E-state index contributed by atoms with van der Waals surface area (Å²) in [6.07, 6.45) is 0. The molecule has 0 radical (unpaired) electrons. The Hall–Kier alpha value is -0.930. The van der Waals surface area contributed by atoms with Crippen LogP contribution < -0.4 is 4.74 Å². The lowest BCUT2D eigenvalue weighted by Gasteiger charge is -2.08. The highest BCUT2D eigenvalue weighted by Gasteiger charge is 2.12. The highest BCUT2D eigenvalue weighted by molar-refractivity contribution is 7.17. The van der Waals surface area contributed by atoms with Gasteiger partial charge in [0.2, 0.25) is 0 Å². The van der Waals surface area contributed by atoms with E-state index < -0.39 is 0 Å². The van der Waals surface area contributed by atoms with Crippen LogP contribution >= 0.6 is 22.9 Å². The molecule has 0 saturated carbocycles. The molecule has 4 heteroatoms. The monoisotopic (exact) mass is 228 g/mol. The summed E-state index contributed by atoms with van der Waals surface area (Å²) in [6, 6.07) is 3.58. The van der Waals surface area contributed by atoms with Gasteiger partial charge in [-0.25, -0.2) is 0 Å². The number of hydrogen-bond donors (Lipinski definition) is 1. The number of benzene rings is 1. The van der Waals surface area contributed by atoms with Crippen LogP contribution in [0, 0.1) is 0 Å². The van der Waals surface area contributed by atoms with Crippen molar-refractivity contribution in [3.8, 4) is 11.5 Å². The topological polar surface area (TPSA) is 29.5 Å². The molecule has 14 heavy (non-hydrogen) atoms. The molecule has 0 atom stereocenters. The molecule has 0 aliphatic carbocycles. The van der Waals surface area contributed by atoms with E-state index in [2.05, 4.69) is 0 Å². The van der Waals surface area contributed by atoms with Crippen molar-refractivity contribution in [3.63, 3.8) is 0 Å². The van der Waals surface area contributed by atoms with Crippen molar-refractivity contribution in [1.82, 2.24) is 0 Å². The Morgan fingerprint density at radius 3 is 3.07 bits per heavy atom. The molecule has 0 fully saturated rings. The Bertz CT molecular complexity index is 464. The van der Waals surface area contributed by atoms with Gasteiger partial charge in [0.1, 0.15) is 10.8 Å². The predicted molar refractivity (Wildman–Crippen MR) is 59.7 cm³/mol. The van der Waals surface area contributed by atoms with Crippen LogP contribution in [0.25, 0.3) is 10.1 Å². The number of aromatic hydroxyl groups is 1. The number of fused-ring (bicyclic) bond motifs is 1. The van der Waals surface area contributed by atoms with Crippen LogP contribution in [-0.4, -0.2) is 11.7 Å². The maximum Gasteiger partial charge on any atom is 0.159 e. The van der Waals surface area contributed by atoms with Gasteiger partial charge in [0.15, 0.2) is 5.75 Å². The normalized spacial score (nSPS) is 10.7. The lowest BCUT2D eigenvalue weighted by atomic mass is 10.2. The van der Waals surface area contributed by atoms with E-state index in [9.17, 15) is 5.11 Å². The highest BCUT2D eigenvalue weighted by atomic mass is 35.5. The first-order valence-electron chi connectivity index (χ1n) is 4.25. The maximum atomic E-state index is 9.54. The molecule has 0 spiro atoms. The van der Waals surface area contributed by atoms with E-state index in [0.29, 0.717) is 17.4 Å². The second kappa shape index (κ2) is 3.67. The van der Waals surface area contributed by atoms with Crippen molar-refractivity contribution < 1.29 is 9.84 Å². The van der Waals surface area contributed by atoms with E-state index in [0.717, 1.165) is 10.1 Å². The van der Waals surface area contributed by atoms with Gasteiger partial charge in [-0.3, -0.25) is 0 Å². The van der Waals surface area contributed by atoms with Crippen molar-refractivity contribution in [2.75, 3.05) is 6.61 Å². The van der Waals surface area contributed by atoms with Gasteiger partial charge in [0.25, 0.3) is 0 Å². The number of phenols is 1. The zero-order valence-corrected chi connectivity index (χ0v) is 9.15. The molecule has 2 nitrogen and oxygen atoms in total. The summed E-state index contributed by atoms with van der Waals surface area (Å²) < 4.78 is 6.39. The van der Waals surface area contributed by atoms with Crippen molar-refractivity contribution in [1.29, 1.82) is 0 Å². The van der Waals surface area contributed by atoms with Crippen LogP contribution in [0.3, 0.4) is 0 Å². The molecule has 0 aliphatic heterocycles. The van der Waals surface area contributed by atoms with Gasteiger partial charge in [-0.05, 0) is 29.8 Å². The van der Waals surface area contributed by atoms with Crippen LogP contribution in [0.2, 0.25) is 5.02 Å². The lowest BCUT2D eigenvalue weighted by molar-refractivity contribution is 0.342. The molecule has 2 aromatic rings. The molecule has 0 bridgehead atoms. The smallest absolute Gasteiger partial charge is 0.159 e. The number of phenolic OH excluding ortho intramolecular Hbond substituents is 1. The van der Waals surface area contributed by atoms with Crippen LogP contribution in [0.4, 0.5) is 0 Å². The van der Waals surface area contributed by atoms with Crippen LogP contribution in [-0.2, 0) is 0 Å². The van der Waals surface area contributed by atoms with Gasteiger partial charge < -0.3 is 9.84 Å². The van der Waals surface area contributed by atoms with E-state index in [1.165, 1.54) is 0 Å². The average molecular weight is 229 g/mol. The first-order valence-corrected chi connectivity index (χ1v) is 5.51. The molecule has 1 N–H and O–H groups in total. The third-order valence-corrected chi connectivity index (χ3v) is 3.20. The molecule has 0 amide bonds. The molecule has 0 unspecified atom stereocenters. The Kier molecular flexibility index (Phi) is 2.52. The fraction of sp³-hybridized carbons (Fsp3) is 0.200. The summed E-state index contributed by atoms with van der Waals surface area (Å²) >= 11 is 7.50. The first kappa shape index (κ1) is 9.62. The Morgan fingerprint density at radius 1 is 1.57 bits per heavy atom. The molecule has 0 aliphatic rings. The largest absolute Gasteiger partial charge is 0.506 e. The van der Waals surface area contributed by atoms with Crippen molar-refractivity contribution in [3.05, 3.63) is 22.5 Å². The fourth-order valence-electron chi connectivity index (χ4n) is 1.32. The van der Waals surface area contributed by atoms with Gasteiger partial charge >= 0.3 is 0 Å². The third kappa shape index (κ3) is 1.42. The van der Waals surface area contributed by atoms with Crippen LogP contribution in [0.5, 0.6) is 11.5 Å². The Labute approximate surface area is 90.7 Å². The quantitative estimate of drug-likeness (QED) is 0.850. The SMILES string of the molecule is CCOc1c(Cl)c(O)cc2ccsc12. The minimum absolute atomic E-state index is 0.0704. The summed E-state index contributed by atoms with van der Waals surface area (Å²) in [7, 11) is 0. The van der Waals surface area contributed by atoms with Crippen molar-refractivity contribution in [2.24, 2.45) is 0 Å². The molecular weight excluding hydrogens is 220 g/mol. The average Bonchev–Trinajstić information content (AvgIpc) is 2.60. The minimum atomic E-state index is 0.0704. The van der Waals surface area contributed by atoms with Crippen LogP contribution in [0.1, 0.15) is 6.92 Å². The molecule has 2 rings (SSSR count). The molecule has 0 saturated heterocycles. The summed E-state index contributed by atoms with van der Waals surface area (Å²) in [5.41, 5.74) is 0. The standard InChI is InChI=1S/C10H9ClO2S/c1-2-13-9-8(11)7(12)5-6-3-4-14-10(6)9/h3-5,12H,2H2,1H3. The summed E-state index contributed by atoms with van der Waals surface area (Å²) in [6.45, 7) is 2.43. The van der Waals surface area contributed by atoms with Gasteiger partial charge in [-0.1, -0.05) is 11.6 Å². The number of rotatable bonds is 2. The van der Waals surface area contributed by atoms with E-state index >= 15 is 0 Å². The van der Waals surface area contributed by atoms with Crippen molar-refractivity contribution in [2.45, 2.75) is 6.92 Å². The molecule has 1 aromatic carbocycles. The number of halogens is 1. The molecule has 1 aromatic heterocycles. The number of hydrogen-bond acceptors (Lipinski definition) is 3. The molecular formula is C10H9ClO2S. The first-order chi connectivity index (χ1) is 6.74.